The number of para-hydroxylation sites is 1. The monoisotopic (exact) mass is 503 g/mol. The Bertz CT molecular complexity index is 1510. The smallest absolute Gasteiger partial charge is 0.267 e. The van der Waals surface area contributed by atoms with Crippen LogP contribution in [0.5, 0.6) is 0 Å². The summed E-state index contributed by atoms with van der Waals surface area (Å²) in [5, 5.41) is 15.1. The molecule has 1 atom stereocenters. The van der Waals surface area contributed by atoms with E-state index in [1.54, 1.807) is 14.0 Å². The number of nitrogens with zero attached hydrogens (tertiary/aromatic N) is 2. The number of pyridine rings is 1. The molecule has 5 rings (SSSR count). The zero-order chi connectivity index (χ0) is 25.6. The van der Waals surface area contributed by atoms with Crippen LogP contribution in [0.4, 0.5) is 11.5 Å². The molecule has 0 unspecified atom stereocenters. The highest BCUT2D eigenvalue weighted by atomic mass is 32.1. The zero-order valence-electron chi connectivity index (χ0n) is 20.8. The number of rotatable bonds is 6. The highest BCUT2D eigenvalue weighted by Gasteiger charge is 2.27. The number of aromatic nitrogens is 1. The molecule has 1 aliphatic heterocycles. The van der Waals surface area contributed by atoms with Crippen LogP contribution in [0.25, 0.3) is 21.0 Å². The second-order valence-electron chi connectivity index (χ2n) is 9.32. The summed E-state index contributed by atoms with van der Waals surface area (Å²) < 4.78 is 6.17. The number of carbonyl (C=O) groups is 2. The fourth-order valence-corrected chi connectivity index (χ4v) is 6.44. The number of aliphatic hydroxyl groups is 1. The number of aryl methyl sites for hydroxylation is 1. The first-order valence-corrected chi connectivity index (χ1v) is 12.8. The summed E-state index contributed by atoms with van der Waals surface area (Å²) in [4.78, 5) is 33.4. The number of carbonyl (C=O) groups excluding carboxylic acids is 2. The van der Waals surface area contributed by atoms with Crippen molar-refractivity contribution in [1.29, 1.82) is 0 Å². The number of amides is 1. The molecule has 186 valence electrons. The zero-order valence-corrected chi connectivity index (χ0v) is 21.7. The summed E-state index contributed by atoms with van der Waals surface area (Å²) in [6, 6.07) is 11.6. The molecule has 3 heterocycles. The standard InChI is InChI=1S/C28H29N3O4S/c1-15-23-18(14-35-4)9-10-20(17(3)32)26(23)36-25(15)28(34)30-27-16(2)24(31-12-11-19(33)13-31)21-7-5-6-8-22(21)29-27/h5-10,19,33H,11-14H2,1-4H3,(H,29,30,34)/t19-/m1/s1. The summed E-state index contributed by atoms with van der Waals surface area (Å²) in [7, 11) is 1.63. The van der Waals surface area contributed by atoms with Gasteiger partial charge in [-0.05, 0) is 50.5 Å². The molecule has 0 spiro atoms. The molecule has 1 aliphatic rings. The molecule has 2 N–H and O–H groups in total. The van der Waals surface area contributed by atoms with Crippen molar-refractivity contribution in [3.63, 3.8) is 0 Å². The lowest BCUT2D eigenvalue weighted by molar-refractivity contribution is 0.101. The Morgan fingerprint density at radius 2 is 1.97 bits per heavy atom. The maximum atomic E-state index is 13.6. The third-order valence-corrected chi connectivity index (χ3v) is 8.19. The Morgan fingerprint density at radius 3 is 2.67 bits per heavy atom. The minimum atomic E-state index is -0.368. The van der Waals surface area contributed by atoms with Gasteiger partial charge in [-0.2, -0.15) is 0 Å². The van der Waals surface area contributed by atoms with Crippen LogP contribution in [-0.4, -0.2) is 48.1 Å². The quantitative estimate of drug-likeness (QED) is 0.350. The molecule has 0 saturated carbocycles. The Morgan fingerprint density at radius 1 is 1.19 bits per heavy atom. The van der Waals surface area contributed by atoms with E-state index in [1.165, 1.54) is 11.3 Å². The van der Waals surface area contributed by atoms with Crippen LogP contribution >= 0.6 is 11.3 Å². The molecule has 2 aromatic carbocycles. The van der Waals surface area contributed by atoms with Crippen molar-refractivity contribution >= 4 is 55.5 Å². The summed E-state index contributed by atoms with van der Waals surface area (Å²) in [6.07, 6.45) is 0.341. The fourth-order valence-electron chi connectivity index (χ4n) is 5.13. The highest BCUT2D eigenvalue weighted by Crippen LogP contribution is 2.39. The number of thiophene rings is 1. The maximum Gasteiger partial charge on any atom is 0.267 e. The van der Waals surface area contributed by atoms with Crippen molar-refractivity contribution in [3.05, 3.63) is 63.5 Å². The molecule has 0 aliphatic carbocycles. The number of Topliss-reactive ketones (excluding diaryl/α,β-unsaturated/α-hetero) is 1. The summed E-state index contributed by atoms with van der Waals surface area (Å²) >= 11 is 1.33. The topological polar surface area (TPSA) is 91.8 Å². The number of fused-ring (bicyclic) bond motifs is 2. The van der Waals surface area contributed by atoms with Gasteiger partial charge < -0.3 is 20.1 Å². The molecule has 1 amide bonds. The molecule has 2 aromatic heterocycles. The van der Waals surface area contributed by atoms with Crippen LogP contribution in [0.1, 0.15) is 50.1 Å². The number of nitrogens with one attached hydrogen (secondary N) is 1. The molecular weight excluding hydrogens is 474 g/mol. The van der Waals surface area contributed by atoms with E-state index in [1.807, 2.05) is 50.2 Å². The number of aliphatic hydroxyl groups excluding tert-OH is 1. The maximum absolute atomic E-state index is 13.6. The molecule has 4 aromatic rings. The Balaban J connectivity index is 1.60. The van der Waals surface area contributed by atoms with Crippen LogP contribution < -0.4 is 10.2 Å². The van der Waals surface area contributed by atoms with Gasteiger partial charge in [-0.15, -0.1) is 11.3 Å². The number of ketones is 1. The Kier molecular flexibility index (Phi) is 6.51. The van der Waals surface area contributed by atoms with Gasteiger partial charge in [0.05, 0.1) is 28.8 Å². The van der Waals surface area contributed by atoms with Crippen molar-refractivity contribution in [3.8, 4) is 0 Å². The highest BCUT2D eigenvalue weighted by molar-refractivity contribution is 7.21. The lowest BCUT2D eigenvalue weighted by Crippen LogP contribution is -2.23. The summed E-state index contributed by atoms with van der Waals surface area (Å²) in [6.45, 7) is 7.09. The van der Waals surface area contributed by atoms with Crippen molar-refractivity contribution in [2.24, 2.45) is 0 Å². The van der Waals surface area contributed by atoms with E-state index >= 15 is 0 Å². The van der Waals surface area contributed by atoms with Crippen LogP contribution in [0, 0.1) is 13.8 Å². The van der Waals surface area contributed by atoms with Crippen LogP contribution in [0.15, 0.2) is 36.4 Å². The first-order chi connectivity index (χ1) is 17.3. The van der Waals surface area contributed by atoms with E-state index in [0.717, 1.165) is 49.9 Å². The minimum absolute atomic E-state index is 0.0401. The molecular formula is C28H29N3O4S. The van der Waals surface area contributed by atoms with E-state index in [-0.39, 0.29) is 17.8 Å². The van der Waals surface area contributed by atoms with Gasteiger partial charge in [0.25, 0.3) is 5.91 Å². The van der Waals surface area contributed by atoms with Gasteiger partial charge in [0, 0.05) is 46.8 Å². The van der Waals surface area contributed by atoms with E-state index in [9.17, 15) is 14.7 Å². The van der Waals surface area contributed by atoms with E-state index in [2.05, 4.69) is 10.2 Å². The SMILES string of the molecule is COCc1ccc(C(C)=O)c2sc(C(=O)Nc3nc4ccccc4c(N4CC[C@@H](O)C4)c3C)c(C)c12. The molecule has 7 nitrogen and oxygen atoms in total. The van der Waals surface area contributed by atoms with Gasteiger partial charge in [0.15, 0.2) is 5.78 Å². The van der Waals surface area contributed by atoms with E-state index in [0.29, 0.717) is 35.8 Å². The van der Waals surface area contributed by atoms with Gasteiger partial charge >= 0.3 is 0 Å². The molecule has 1 saturated heterocycles. The van der Waals surface area contributed by atoms with Gasteiger partial charge in [-0.1, -0.05) is 24.3 Å². The lowest BCUT2D eigenvalue weighted by atomic mass is 10.0. The summed E-state index contributed by atoms with van der Waals surface area (Å²) in [5.74, 6) is 0.197. The molecule has 1 fully saturated rings. The lowest BCUT2D eigenvalue weighted by Gasteiger charge is -2.24. The minimum Gasteiger partial charge on any atom is -0.391 e. The van der Waals surface area contributed by atoms with Gasteiger partial charge in [-0.3, -0.25) is 9.59 Å². The first-order valence-electron chi connectivity index (χ1n) is 12.0. The third-order valence-electron chi connectivity index (χ3n) is 6.86. The molecule has 0 radical (unpaired) electrons. The fraction of sp³-hybridized carbons (Fsp3) is 0.321. The van der Waals surface area contributed by atoms with Crippen molar-refractivity contribution in [2.45, 2.75) is 39.9 Å². The Hall–Kier alpha value is -3.33. The number of β-amino-alcohol motifs (C(OH)–C–C–N with tert-alkyl or cyclic N) is 1. The van der Waals surface area contributed by atoms with Gasteiger partial charge in [0.2, 0.25) is 0 Å². The van der Waals surface area contributed by atoms with Gasteiger partial charge in [0.1, 0.15) is 5.82 Å². The van der Waals surface area contributed by atoms with Crippen LogP contribution in [0.3, 0.4) is 0 Å². The van der Waals surface area contributed by atoms with Crippen LogP contribution in [0.2, 0.25) is 0 Å². The van der Waals surface area contributed by atoms with Crippen molar-refractivity contribution in [2.75, 3.05) is 30.4 Å². The molecule has 36 heavy (non-hydrogen) atoms. The predicted molar refractivity (Wildman–Crippen MR) is 145 cm³/mol. The Labute approximate surface area is 213 Å². The van der Waals surface area contributed by atoms with Gasteiger partial charge in [-0.25, -0.2) is 4.98 Å². The average Bonchev–Trinajstić information content (AvgIpc) is 3.43. The predicted octanol–water partition coefficient (Wildman–Crippen LogP) is 5.24. The third kappa shape index (κ3) is 4.15. The normalized spacial score (nSPS) is 15.7. The second kappa shape index (κ2) is 9.61. The van der Waals surface area contributed by atoms with E-state index < -0.39 is 0 Å². The summed E-state index contributed by atoms with van der Waals surface area (Å²) in [5.41, 5.74) is 5.00. The van der Waals surface area contributed by atoms with Crippen molar-refractivity contribution in [1.82, 2.24) is 4.98 Å². The second-order valence-corrected chi connectivity index (χ2v) is 10.3. The number of methoxy groups -OCH3 is 1. The average molecular weight is 504 g/mol. The molecule has 8 heteroatoms. The van der Waals surface area contributed by atoms with Crippen molar-refractivity contribution < 1.29 is 19.4 Å². The van der Waals surface area contributed by atoms with Crippen LogP contribution in [-0.2, 0) is 11.3 Å². The number of ether oxygens (including phenoxy) is 1. The molecule has 0 bridgehead atoms. The number of hydrogen-bond donors (Lipinski definition) is 2. The van der Waals surface area contributed by atoms with E-state index in [4.69, 9.17) is 9.72 Å². The number of hydrogen-bond acceptors (Lipinski definition) is 7. The largest absolute Gasteiger partial charge is 0.391 e. The number of benzene rings is 2. The first kappa shape index (κ1) is 24.4. The number of anilines is 2.